The molecule has 0 saturated heterocycles. The van der Waals surface area contributed by atoms with Gasteiger partial charge in [0.05, 0.1) is 6.61 Å². The van der Waals surface area contributed by atoms with Gasteiger partial charge in [-0.15, -0.1) is 0 Å². The van der Waals surface area contributed by atoms with Gasteiger partial charge in [-0.1, -0.05) is 48.2 Å². The minimum Gasteiger partial charge on any atom is -0.494 e. The largest absolute Gasteiger partial charge is 0.494 e. The minimum atomic E-state index is -0.206. The Balaban J connectivity index is 1.57. The van der Waals surface area contributed by atoms with Gasteiger partial charge in [0.2, 0.25) is 0 Å². The zero-order chi connectivity index (χ0) is 19.9. The first-order valence-corrected chi connectivity index (χ1v) is 10.2. The van der Waals surface area contributed by atoms with Crippen molar-refractivity contribution < 1.29 is 13.9 Å². The smallest absolute Gasteiger partial charge is 0.287 e. The van der Waals surface area contributed by atoms with Crippen LogP contribution >= 0.6 is 11.8 Å². The molecule has 28 heavy (non-hydrogen) atoms. The Labute approximate surface area is 170 Å². The van der Waals surface area contributed by atoms with Crippen LogP contribution in [0.3, 0.4) is 0 Å². The van der Waals surface area contributed by atoms with Gasteiger partial charge >= 0.3 is 0 Å². The number of hydrogen-bond donors (Lipinski definition) is 1. The van der Waals surface area contributed by atoms with Crippen LogP contribution in [0.4, 0.5) is 0 Å². The molecule has 1 heterocycles. The number of furan rings is 1. The van der Waals surface area contributed by atoms with E-state index < -0.39 is 0 Å². The number of aryl methyl sites for hydroxylation is 2. The monoisotopic (exact) mass is 395 g/mol. The summed E-state index contributed by atoms with van der Waals surface area (Å²) in [5.41, 5.74) is 3.47. The number of amides is 1. The van der Waals surface area contributed by atoms with E-state index in [4.69, 9.17) is 9.15 Å². The van der Waals surface area contributed by atoms with E-state index in [-0.39, 0.29) is 5.91 Å². The summed E-state index contributed by atoms with van der Waals surface area (Å²) in [5, 5.41) is 3.63. The van der Waals surface area contributed by atoms with Gasteiger partial charge in [-0.05, 0) is 62.1 Å². The zero-order valence-electron chi connectivity index (χ0n) is 16.5. The lowest BCUT2D eigenvalue weighted by Crippen LogP contribution is -2.25. The average Bonchev–Trinajstić information content (AvgIpc) is 3.15. The molecule has 0 radical (unpaired) electrons. The van der Waals surface area contributed by atoms with E-state index >= 15 is 0 Å². The first-order chi connectivity index (χ1) is 13.6. The molecule has 0 aliphatic carbocycles. The van der Waals surface area contributed by atoms with Crippen LogP contribution < -0.4 is 10.1 Å². The molecule has 4 nitrogen and oxygen atoms in total. The second-order valence-corrected chi connectivity index (χ2v) is 7.50. The maximum atomic E-state index is 12.4. The molecule has 0 atom stereocenters. The Morgan fingerprint density at radius 3 is 2.54 bits per heavy atom. The van der Waals surface area contributed by atoms with Gasteiger partial charge in [-0.25, -0.2) is 0 Å². The number of ether oxygens (including phenoxy) is 1. The molecule has 0 bridgehead atoms. The van der Waals surface area contributed by atoms with Crippen LogP contribution in [-0.2, 0) is 6.42 Å². The SMILES string of the molecule is CCOc1ccccc1CCNC(=O)c1ccc(Sc2c(C)cccc2C)o1. The standard InChI is InChI=1S/C23H25NO3S/c1-4-26-19-11-6-5-10-18(19)14-15-24-23(25)20-12-13-21(27-20)28-22-16(2)8-7-9-17(22)3/h5-13H,4,14-15H2,1-3H3,(H,24,25). The van der Waals surface area contributed by atoms with Crippen molar-refractivity contribution in [2.45, 2.75) is 37.2 Å². The Bertz CT molecular complexity index is 928. The highest BCUT2D eigenvalue weighted by Gasteiger charge is 2.13. The molecule has 0 aliphatic rings. The van der Waals surface area contributed by atoms with E-state index in [1.54, 1.807) is 17.8 Å². The van der Waals surface area contributed by atoms with Crippen LogP contribution in [0.25, 0.3) is 0 Å². The van der Waals surface area contributed by atoms with Crippen molar-refractivity contribution in [2.75, 3.05) is 13.2 Å². The van der Waals surface area contributed by atoms with Gasteiger partial charge in [0, 0.05) is 11.4 Å². The molecule has 0 unspecified atom stereocenters. The third-order valence-electron chi connectivity index (χ3n) is 4.37. The quantitative estimate of drug-likeness (QED) is 0.553. The molecule has 1 aromatic heterocycles. The zero-order valence-corrected chi connectivity index (χ0v) is 17.3. The van der Waals surface area contributed by atoms with Crippen molar-refractivity contribution in [3.05, 3.63) is 77.0 Å². The normalized spacial score (nSPS) is 10.7. The minimum absolute atomic E-state index is 0.206. The Morgan fingerprint density at radius 2 is 1.79 bits per heavy atom. The molecule has 3 aromatic rings. The molecule has 0 aliphatic heterocycles. The second kappa shape index (κ2) is 9.51. The van der Waals surface area contributed by atoms with Crippen LogP contribution in [0.2, 0.25) is 0 Å². The van der Waals surface area contributed by atoms with Crippen molar-refractivity contribution in [2.24, 2.45) is 0 Å². The molecule has 0 saturated carbocycles. The van der Waals surface area contributed by atoms with Gasteiger partial charge in [0.1, 0.15) is 5.75 Å². The summed E-state index contributed by atoms with van der Waals surface area (Å²) in [5.74, 6) is 0.985. The molecular weight excluding hydrogens is 370 g/mol. The molecular formula is C23H25NO3S. The Kier molecular flexibility index (Phi) is 6.82. The highest BCUT2D eigenvalue weighted by Crippen LogP contribution is 2.33. The maximum Gasteiger partial charge on any atom is 0.287 e. The third kappa shape index (κ3) is 4.98. The number of carbonyl (C=O) groups excluding carboxylic acids is 1. The van der Waals surface area contributed by atoms with Gasteiger partial charge in [-0.3, -0.25) is 4.79 Å². The van der Waals surface area contributed by atoms with Crippen LogP contribution in [0.1, 0.15) is 34.2 Å². The number of nitrogens with one attached hydrogen (secondary N) is 1. The van der Waals surface area contributed by atoms with Gasteiger partial charge in [0.15, 0.2) is 10.9 Å². The van der Waals surface area contributed by atoms with Gasteiger partial charge in [-0.2, -0.15) is 0 Å². The van der Waals surface area contributed by atoms with Crippen LogP contribution in [-0.4, -0.2) is 19.1 Å². The molecule has 3 rings (SSSR count). The lowest BCUT2D eigenvalue weighted by molar-refractivity contribution is 0.0921. The first-order valence-electron chi connectivity index (χ1n) is 9.41. The maximum absolute atomic E-state index is 12.4. The molecule has 0 spiro atoms. The van der Waals surface area contributed by atoms with Crippen LogP contribution in [0.15, 0.2) is 69.0 Å². The van der Waals surface area contributed by atoms with Crippen molar-refractivity contribution in [1.29, 1.82) is 0 Å². The molecule has 1 amide bonds. The summed E-state index contributed by atoms with van der Waals surface area (Å²) in [6.45, 7) is 7.25. The fourth-order valence-electron chi connectivity index (χ4n) is 2.96. The number of rotatable bonds is 8. The number of hydrogen-bond acceptors (Lipinski definition) is 4. The lowest BCUT2D eigenvalue weighted by atomic mass is 10.1. The molecule has 0 fully saturated rings. The summed E-state index contributed by atoms with van der Waals surface area (Å²) >= 11 is 1.54. The molecule has 5 heteroatoms. The van der Waals surface area contributed by atoms with E-state index in [1.807, 2.05) is 43.3 Å². The Morgan fingerprint density at radius 1 is 1.04 bits per heavy atom. The first kappa shape index (κ1) is 20.1. The predicted molar refractivity (Wildman–Crippen MR) is 112 cm³/mol. The van der Waals surface area contributed by atoms with E-state index in [9.17, 15) is 4.79 Å². The van der Waals surface area contributed by atoms with Crippen LogP contribution in [0, 0.1) is 13.8 Å². The number of carbonyl (C=O) groups is 1. The lowest BCUT2D eigenvalue weighted by Gasteiger charge is -2.10. The van der Waals surface area contributed by atoms with Gasteiger partial charge < -0.3 is 14.5 Å². The molecule has 146 valence electrons. The van der Waals surface area contributed by atoms with E-state index in [1.165, 1.54) is 11.1 Å². The highest BCUT2D eigenvalue weighted by atomic mass is 32.2. The number of para-hydroxylation sites is 1. The summed E-state index contributed by atoms with van der Waals surface area (Å²) < 4.78 is 11.4. The Hall–Kier alpha value is -2.66. The summed E-state index contributed by atoms with van der Waals surface area (Å²) in [7, 11) is 0. The summed E-state index contributed by atoms with van der Waals surface area (Å²) in [4.78, 5) is 13.6. The van der Waals surface area contributed by atoms with Crippen molar-refractivity contribution in [3.63, 3.8) is 0 Å². The highest BCUT2D eigenvalue weighted by molar-refractivity contribution is 7.99. The topological polar surface area (TPSA) is 51.5 Å². The van der Waals surface area contributed by atoms with Crippen molar-refractivity contribution in [3.8, 4) is 5.75 Å². The predicted octanol–water partition coefficient (Wildman–Crippen LogP) is 5.42. The fraction of sp³-hybridized carbons (Fsp3) is 0.261. The average molecular weight is 396 g/mol. The number of benzene rings is 2. The van der Waals surface area contributed by atoms with Gasteiger partial charge in [0.25, 0.3) is 5.91 Å². The second-order valence-electron chi connectivity index (χ2n) is 6.49. The fourth-order valence-corrected chi connectivity index (χ4v) is 3.89. The third-order valence-corrected chi connectivity index (χ3v) is 5.64. The van der Waals surface area contributed by atoms with Crippen molar-refractivity contribution in [1.82, 2.24) is 5.32 Å². The van der Waals surface area contributed by atoms with E-state index in [0.29, 0.717) is 30.4 Å². The van der Waals surface area contributed by atoms with E-state index in [0.717, 1.165) is 16.2 Å². The molecule has 1 N–H and O–H groups in total. The van der Waals surface area contributed by atoms with Crippen LogP contribution in [0.5, 0.6) is 5.75 Å². The van der Waals surface area contributed by atoms with Crippen molar-refractivity contribution >= 4 is 17.7 Å². The molecule has 2 aromatic carbocycles. The van der Waals surface area contributed by atoms with E-state index in [2.05, 4.69) is 31.3 Å². The summed E-state index contributed by atoms with van der Waals surface area (Å²) in [6, 6.07) is 17.6. The summed E-state index contributed by atoms with van der Waals surface area (Å²) in [6.07, 6.45) is 0.701.